The van der Waals surface area contributed by atoms with Gasteiger partial charge in [0.2, 0.25) is 10.0 Å². The van der Waals surface area contributed by atoms with Gasteiger partial charge in [-0.3, -0.25) is 0 Å². The molecule has 1 unspecified atom stereocenters. The second kappa shape index (κ2) is 5.16. The number of rotatable bonds is 7. The van der Waals surface area contributed by atoms with Gasteiger partial charge in [-0.15, -0.1) is 11.3 Å². The number of sulfonamides is 1. The van der Waals surface area contributed by atoms with Gasteiger partial charge in [0.1, 0.15) is 4.21 Å². The maximum atomic E-state index is 12.2. The molecule has 0 aromatic carbocycles. The fraction of sp³-hybridized carbons (Fsp3) is 0.692. The van der Waals surface area contributed by atoms with E-state index in [4.69, 9.17) is 0 Å². The van der Waals surface area contributed by atoms with Gasteiger partial charge in [-0.2, -0.15) is 0 Å². The predicted octanol–water partition coefficient (Wildman–Crippen LogP) is 2.08. The quantitative estimate of drug-likeness (QED) is 0.810. The van der Waals surface area contributed by atoms with E-state index in [0.29, 0.717) is 16.2 Å². The highest BCUT2D eigenvalue weighted by Crippen LogP contribution is 2.33. The molecule has 4 nitrogen and oxygen atoms in total. The molecule has 2 saturated carbocycles. The molecular formula is C13H20N2O2S2. The van der Waals surface area contributed by atoms with Gasteiger partial charge in [0.05, 0.1) is 0 Å². The molecule has 2 N–H and O–H groups in total. The van der Waals surface area contributed by atoms with Gasteiger partial charge in [0.15, 0.2) is 0 Å². The van der Waals surface area contributed by atoms with E-state index < -0.39 is 10.0 Å². The monoisotopic (exact) mass is 300 g/mol. The Morgan fingerprint density at radius 1 is 1.32 bits per heavy atom. The van der Waals surface area contributed by atoms with Crippen molar-refractivity contribution in [3.63, 3.8) is 0 Å². The SMILES string of the molecule is CC(NS(=O)(=O)c1ccc(CNC2CC2)s1)C1CC1. The Balaban J connectivity index is 1.62. The van der Waals surface area contributed by atoms with Crippen molar-refractivity contribution in [1.82, 2.24) is 10.0 Å². The van der Waals surface area contributed by atoms with Gasteiger partial charge < -0.3 is 5.32 Å². The smallest absolute Gasteiger partial charge is 0.250 e. The van der Waals surface area contributed by atoms with Crippen LogP contribution in [0.3, 0.4) is 0 Å². The van der Waals surface area contributed by atoms with E-state index in [0.717, 1.165) is 24.3 Å². The second-order valence-corrected chi connectivity index (χ2v) is 8.73. The van der Waals surface area contributed by atoms with E-state index in [-0.39, 0.29) is 6.04 Å². The maximum Gasteiger partial charge on any atom is 0.250 e. The van der Waals surface area contributed by atoms with Crippen LogP contribution in [-0.4, -0.2) is 20.5 Å². The Hall–Kier alpha value is -0.430. The van der Waals surface area contributed by atoms with Crippen molar-refractivity contribution < 1.29 is 8.42 Å². The molecule has 0 radical (unpaired) electrons. The molecule has 6 heteroatoms. The van der Waals surface area contributed by atoms with Gasteiger partial charge in [-0.05, 0) is 50.7 Å². The van der Waals surface area contributed by atoms with Gasteiger partial charge >= 0.3 is 0 Å². The lowest BCUT2D eigenvalue weighted by atomic mass is 10.2. The van der Waals surface area contributed by atoms with Crippen LogP contribution in [0.1, 0.15) is 37.5 Å². The van der Waals surface area contributed by atoms with Crippen LogP contribution in [-0.2, 0) is 16.6 Å². The third kappa shape index (κ3) is 3.56. The normalized spacial score (nSPS) is 21.5. The molecule has 19 heavy (non-hydrogen) atoms. The zero-order chi connectivity index (χ0) is 13.5. The second-order valence-electron chi connectivity index (χ2n) is 5.62. The fourth-order valence-corrected chi connectivity index (χ4v) is 4.76. The molecule has 0 spiro atoms. The Labute approximate surface area is 118 Å². The molecule has 106 valence electrons. The average Bonchev–Trinajstić information content (AvgIpc) is 3.25. The topological polar surface area (TPSA) is 58.2 Å². The Bertz CT molecular complexity index is 545. The summed E-state index contributed by atoms with van der Waals surface area (Å²) in [5.74, 6) is 0.533. The van der Waals surface area contributed by atoms with Crippen molar-refractivity contribution in [3.05, 3.63) is 17.0 Å². The Kier molecular flexibility index (Phi) is 3.68. The lowest BCUT2D eigenvalue weighted by Crippen LogP contribution is -2.33. The molecule has 0 saturated heterocycles. The molecule has 3 rings (SSSR count). The summed E-state index contributed by atoms with van der Waals surface area (Å²) in [5.41, 5.74) is 0. The van der Waals surface area contributed by atoms with Gasteiger partial charge in [-0.1, -0.05) is 0 Å². The van der Waals surface area contributed by atoms with Crippen molar-refractivity contribution in [2.45, 2.75) is 55.4 Å². The molecule has 1 atom stereocenters. The standard InChI is InChI=1S/C13H20N2O2S2/c1-9(10-2-3-10)15-19(16,17)13-7-6-12(18-13)8-14-11-4-5-11/h6-7,9-11,14-15H,2-5,8H2,1H3. The minimum atomic E-state index is -3.33. The molecule has 2 aliphatic rings. The van der Waals surface area contributed by atoms with Crippen LogP contribution in [0, 0.1) is 5.92 Å². The van der Waals surface area contributed by atoms with Crippen molar-refractivity contribution in [2.75, 3.05) is 0 Å². The van der Waals surface area contributed by atoms with E-state index in [1.54, 1.807) is 6.07 Å². The van der Waals surface area contributed by atoms with Crippen LogP contribution in [0.15, 0.2) is 16.3 Å². The third-order valence-corrected chi connectivity index (χ3v) is 6.85. The summed E-state index contributed by atoms with van der Waals surface area (Å²) in [6.45, 7) is 2.74. The predicted molar refractivity (Wildman–Crippen MR) is 76.7 cm³/mol. The zero-order valence-electron chi connectivity index (χ0n) is 11.1. The first kappa shape index (κ1) is 13.5. The van der Waals surface area contributed by atoms with Gasteiger partial charge in [0, 0.05) is 23.5 Å². The average molecular weight is 300 g/mol. The van der Waals surface area contributed by atoms with Crippen LogP contribution >= 0.6 is 11.3 Å². The van der Waals surface area contributed by atoms with Crippen molar-refractivity contribution >= 4 is 21.4 Å². The lowest BCUT2D eigenvalue weighted by Gasteiger charge is -2.11. The van der Waals surface area contributed by atoms with Crippen molar-refractivity contribution in [3.8, 4) is 0 Å². The molecule has 2 fully saturated rings. The van der Waals surface area contributed by atoms with E-state index in [2.05, 4.69) is 10.0 Å². The number of hydrogen-bond donors (Lipinski definition) is 2. The van der Waals surface area contributed by atoms with Gasteiger partial charge in [0.25, 0.3) is 0 Å². The summed E-state index contributed by atoms with van der Waals surface area (Å²) in [6, 6.07) is 4.34. The molecule has 0 aliphatic heterocycles. The summed E-state index contributed by atoms with van der Waals surface area (Å²) in [5, 5.41) is 3.40. The van der Waals surface area contributed by atoms with Crippen LogP contribution in [0.2, 0.25) is 0 Å². The summed E-state index contributed by atoms with van der Waals surface area (Å²) in [4.78, 5) is 1.09. The van der Waals surface area contributed by atoms with E-state index in [1.165, 1.54) is 24.2 Å². The number of thiophene rings is 1. The molecule has 0 amide bonds. The summed E-state index contributed by atoms with van der Waals surface area (Å²) in [6.07, 6.45) is 4.78. The van der Waals surface area contributed by atoms with Gasteiger partial charge in [-0.25, -0.2) is 13.1 Å². The number of nitrogens with one attached hydrogen (secondary N) is 2. The van der Waals surface area contributed by atoms with Crippen LogP contribution in [0.25, 0.3) is 0 Å². The molecule has 1 aromatic rings. The van der Waals surface area contributed by atoms with E-state index >= 15 is 0 Å². The first-order valence-electron chi connectivity index (χ1n) is 6.89. The molecular weight excluding hydrogens is 280 g/mol. The van der Waals surface area contributed by atoms with Crippen LogP contribution in [0.4, 0.5) is 0 Å². The first-order chi connectivity index (χ1) is 9.04. The highest BCUT2D eigenvalue weighted by molar-refractivity contribution is 7.91. The maximum absolute atomic E-state index is 12.2. The Morgan fingerprint density at radius 2 is 2.05 bits per heavy atom. The first-order valence-corrected chi connectivity index (χ1v) is 9.19. The summed E-state index contributed by atoms with van der Waals surface area (Å²) in [7, 11) is -3.33. The summed E-state index contributed by atoms with van der Waals surface area (Å²) < 4.78 is 27.7. The van der Waals surface area contributed by atoms with Crippen molar-refractivity contribution in [1.29, 1.82) is 0 Å². The molecule has 0 bridgehead atoms. The van der Waals surface area contributed by atoms with Crippen molar-refractivity contribution in [2.24, 2.45) is 5.92 Å². The molecule has 2 aliphatic carbocycles. The fourth-order valence-electron chi connectivity index (χ4n) is 2.13. The third-order valence-electron chi connectivity index (χ3n) is 3.71. The zero-order valence-corrected chi connectivity index (χ0v) is 12.7. The Morgan fingerprint density at radius 3 is 2.68 bits per heavy atom. The minimum absolute atomic E-state index is 0.0557. The number of hydrogen-bond acceptors (Lipinski definition) is 4. The lowest BCUT2D eigenvalue weighted by molar-refractivity contribution is 0.539. The highest BCUT2D eigenvalue weighted by Gasteiger charge is 2.31. The molecule has 1 heterocycles. The van der Waals surface area contributed by atoms with E-state index in [9.17, 15) is 8.42 Å². The van der Waals surface area contributed by atoms with E-state index in [1.807, 2.05) is 13.0 Å². The van der Waals surface area contributed by atoms with Crippen LogP contribution < -0.4 is 10.0 Å². The minimum Gasteiger partial charge on any atom is -0.309 e. The van der Waals surface area contributed by atoms with Crippen LogP contribution in [0.5, 0.6) is 0 Å². The highest BCUT2D eigenvalue weighted by atomic mass is 32.2. The largest absolute Gasteiger partial charge is 0.309 e. The molecule has 1 aromatic heterocycles. The summed E-state index contributed by atoms with van der Waals surface area (Å²) >= 11 is 1.37.